The van der Waals surface area contributed by atoms with E-state index in [2.05, 4.69) is 28.5 Å². The van der Waals surface area contributed by atoms with E-state index in [0.29, 0.717) is 12.0 Å². The van der Waals surface area contributed by atoms with Gasteiger partial charge in [0.15, 0.2) is 0 Å². The summed E-state index contributed by atoms with van der Waals surface area (Å²) < 4.78 is 4.17. The molecule has 13 heavy (non-hydrogen) atoms. The minimum atomic E-state index is 0.507. The van der Waals surface area contributed by atoms with Crippen molar-refractivity contribution in [2.75, 3.05) is 7.05 Å². The van der Waals surface area contributed by atoms with E-state index < -0.39 is 0 Å². The number of rotatable bonds is 4. The van der Waals surface area contributed by atoms with Gasteiger partial charge in [-0.3, -0.25) is 0 Å². The van der Waals surface area contributed by atoms with E-state index in [4.69, 9.17) is 0 Å². The lowest BCUT2D eigenvalue weighted by Crippen LogP contribution is -2.32. The number of hydrogen-bond donors (Lipinski definition) is 1. The van der Waals surface area contributed by atoms with Crippen molar-refractivity contribution in [2.45, 2.75) is 33.2 Å². The van der Waals surface area contributed by atoms with Crippen molar-refractivity contribution >= 4 is 11.5 Å². The lowest BCUT2D eigenvalue weighted by molar-refractivity contribution is 0.424. The predicted molar refractivity (Wildman–Crippen MR) is 56.0 cm³/mol. The first-order valence-electron chi connectivity index (χ1n) is 4.60. The second kappa shape index (κ2) is 4.67. The smallest absolute Gasteiger partial charge is 0.139 e. The molecule has 1 atom stereocenters. The number of likely N-dealkylation sites (N-methyl/N-ethyl adjacent to an activating group) is 1. The van der Waals surface area contributed by atoms with Crippen molar-refractivity contribution in [2.24, 2.45) is 5.92 Å². The highest BCUT2D eigenvalue weighted by Crippen LogP contribution is 2.11. The summed E-state index contributed by atoms with van der Waals surface area (Å²) in [4.78, 5) is 4.35. The fraction of sp³-hybridized carbons (Fsp3) is 0.778. The fourth-order valence-corrected chi connectivity index (χ4v) is 1.99. The highest BCUT2D eigenvalue weighted by Gasteiger charge is 2.13. The Hall–Kier alpha value is -0.480. The standard InChI is InChI=1S/C9H17N3S/c1-6(2)8(10-4)5-9-11-7(3)12-13-9/h6,8,10H,5H2,1-4H3. The highest BCUT2D eigenvalue weighted by atomic mass is 32.1. The zero-order valence-electron chi connectivity index (χ0n) is 8.66. The Morgan fingerprint density at radius 2 is 2.15 bits per heavy atom. The van der Waals surface area contributed by atoms with Crippen LogP contribution >= 0.6 is 11.5 Å². The van der Waals surface area contributed by atoms with E-state index in [0.717, 1.165) is 17.3 Å². The Balaban J connectivity index is 2.56. The molecule has 0 aliphatic heterocycles. The molecule has 0 saturated carbocycles. The molecular formula is C9H17N3S. The van der Waals surface area contributed by atoms with E-state index in [1.165, 1.54) is 11.5 Å². The second-order valence-electron chi connectivity index (χ2n) is 3.58. The molecule has 0 amide bonds. The number of aromatic nitrogens is 2. The van der Waals surface area contributed by atoms with Crippen LogP contribution in [0.3, 0.4) is 0 Å². The van der Waals surface area contributed by atoms with E-state index in [-0.39, 0.29) is 0 Å². The molecular weight excluding hydrogens is 182 g/mol. The first-order chi connectivity index (χ1) is 6.13. The van der Waals surface area contributed by atoms with Crippen LogP contribution in [0.2, 0.25) is 0 Å². The van der Waals surface area contributed by atoms with Crippen molar-refractivity contribution in [3.8, 4) is 0 Å². The topological polar surface area (TPSA) is 37.8 Å². The number of hydrogen-bond acceptors (Lipinski definition) is 4. The Morgan fingerprint density at radius 3 is 2.54 bits per heavy atom. The zero-order chi connectivity index (χ0) is 9.84. The molecule has 1 aromatic rings. The molecule has 0 saturated heterocycles. The third-order valence-electron chi connectivity index (χ3n) is 2.14. The largest absolute Gasteiger partial charge is 0.316 e. The minimum Gasteiger partial charge on any atom is -0.316 e. The molecule has 0 spiro atoms. The van der Waals surface area contributed by atoms with Gasteiger partial charge in [-0.05, 0) is 31.4 Å². The van der Waals surface area contributed by atoms with Gasteiger partial charge >= 0.3 is 0 Å². The molecule has 1 aromatic heterocycles. The average Bonchev–Trinajstić information content (AvgIpc) is 2.46. The Morgan fingerprint density at radius 1 is 1.46 bits per heavy atom. The van der Waals surface area contributed by atoms with Gasteiger partial charge in [-0.2, -0.15) is 4.37 Å². The quantitative estimate of drug-likeness (QED) is 0.801. The molecule has 1 rings (SSSR count). The molecule has 0 bridgehead atoms. The Kier molecular flexibility index (Phi) is 3.81. The van der Waals surface area contributed by atoms with E-state index >= 15 is 0 Å². The van der Waals surface area contributed by atoms with Gasteiger partial charge in [-0.1, -0.05) is 13.8 Å². The number of nitrogens with zero attached hydrogens (tertiary/aromatic N) is 2. The third kappa shape index (κ3) is 3.04. The van der Waals surface area contributed by atoms with Gasteiger partial charge in [0, 0.05) is 12.5 Å². The van der Waals surface area contributed by atoms with Crippen molar-refractivity contribution < 1.29 is 0 Å². The van der Waals surface area contributed by atoms with Gasteiger partial charge in [0.1, 0.15) is 10.8 Å². The van der Waals surface area contributed by atoms with E-state index in [9.17, 15) is 0 Å². The third-order valence-corrected chi connectivity index (χ3v) is 2.96. The van der Waals surface area contributed by atoms with Crippen LogP contribution in [0.25, 0.3) is 0 Å². The van der Waals surface area contributed by atoms with Crippen molar-refractivity contribution in [3.05, 3.63) is 10.8 Å². The van der Waals surface area contributed by atoms with Crippen LogP contribution in [0.5, 0.6) is 0 Å². The molecule has 74 valence electrons. The summed E-state index contributed by atoms with van der Waals surface area (Å²) in [6, 6.07) is 0.507. The summed E-state index contributed by atoms with van der Waals surface area (Å²) in [5.74, 6) is 1.52. The van der Waals surface area contributed by atoms with E-state index in [1.54, 1.807) is 0 Å². The number of aryl methyl sites for hydroxylation is 1. The molecule has 1 N–H and O–H groups in total. The maximum atomic E-state index is 4.35. The molecule has 0 aliphatic carbocycles. The average molecular weight is 199 g/mol. The van der Waals surface area contributed by atoms with Gasteiger partial charge < -0.3 is 5.32 Å². The van der Waals surface area contributed by atoms with Gasteiger partial charge in [0.25, 0.3) is 0 Å². The van der Waals surface area contributed by atoms with Crippen LogP contribution in [0.15, 0.2) is 0 Å². The fourth-order valence-electron chi connectivity index (χ4n) is 1.28. The van der Waals surface area contributed by atoms with Crippen molar-refractivity contribution in [1.29, 1.82) is 0 Å². The minimum absolute atomic E-state index is 0.507. The highest BCUT2D eigenvalue weighted by molar-refractivity contribution is 7.05. The first-order valence-corrected chi connectivity index (χ1v) is 5.37. The monoisotopic (exact) mass is 199 g/mol. The van der Waals surface area contributed by atoms with Crippen LogP contribution in [0, 0.1) is 12.8 Å². The molecule has 1 unspecified atom stereocenters. The van der Waals surface area contributed by atoms with Crippen molar-refractivity contribution in [1.82, 2.24) is 14.7 Å². The zero-order valence-corrected chi connectivity index (χ0v) is 9.48. The van der Waals surface area contributed by atoms with Gasteiger partial charge in [-0.25, -0.2) is 4.98 Å². The maximum absolute atomic E-state index is 4.35. The molecule has 0 aliphatic rings. The van der Waals surface area contributed by atoms with Gasteiger partial charge in [0.05, 0.1) is 0 Å². The molecule has 3 nitrogen and oxygen atoms in total. The second-order valence-corrected chi connectivity index (χ2v) is 4.42. The molecule has 4 heteroatoms. The van der Waals surface area contributed by atoms with Crippen LogP contribution < -0.4 is 5.32 Å². The summed E-state index contributed by atoms with van der Waals surface area (Å²) in [6.45, 7) is 6.37. The summed E-state index contributed by atoms with van der Waals surface area (Å²) in [6.07, 6.45) is 0.986. The van der Waals surface area contributed by atoms with E-state index in [1.807, 2.05) is 14.0 Å². The summed E-state index contributed by atoms with van der Waals surface area (Å²) in [5, 5.41) is 4.43. The van der Waals surface area contributed by atoms with Crippen LogP contribution in [-0.2, 0) is 6.42 Å². The molecule has 1 heterocycles. The lowest BCUT2D eigenvalue weighted by Gasteiger charge is -2.18. The summed E-state index contributed by atoms with van der Waals surface area (Å²) >= 11 is 1.51. The number of nitrogens with one attached hydrogen (secondary N) is 1. The summed E-state index contributed by atoms with van der Waals surface area (Å²) in [7, 11) is 2.00. The maximum Gasteiger partial charge on any atom is 0.139 e. The Labute approximate surface area is 83.8 Å². The van der Waals surface area contributed by atoms with Crippen LogP contribution in [0.4, 0.5) is 0 Å². The first kappa shape index (κ1) is 10.6. The molecule has 0 aromatic carbocycles. The normalized spacial score (nSPS) is 13.6. The van der Waals surface area contributed by atoms with Gasteiger partial charge in [-0.15, -0.1) is 0 Å². The molecule has 0 fully saturated rings. The van der Waals surface area contributed by atoms with Gasteiger partial charge in [0.2, 0.25) is 0 Å². The SMILES string of the molecule is CNC(Cc1nc(C)ns1)C(C)C. The van der Waals surface area contributed by atoms with Crippen molar-refractivity contribution in [3.63, 3.8) is 0 Å². The van der Waals surface area contributed by atoms with Crippen LogP contribution in [0.1, 0.15) is 24.7 Å². The van der Waals surface area contributed by atoms with Crippen LogP contribution in [-0.4, -0.2) is 22.4 Å². The molecule has 0 radical (unpaired) electrons. The predicted octanol–water partition coefficient (Wildman–Crippen LogP) is 1.63. The Bertz CT molecular complexity index is 257. The lowest BCUT2D eigenvalue weighted by atomic mass is 10.0. The summed E-state index contributed by atoms with van der Waals surface area (Å²) in [5.41, 5.74) is 0.